The van der Waals surface area contributed by atoms with E-state index in [0.717, 1.165) is 36.8 Å². The summed E-state index contributed by atoms with van der Waals surface area (Å²) < 4.78 is 5.60. The van der Waals surface area contributed by atoms with Crippen molar-refractivity contribution >= 4 is 11.8 Å². The topological polar surface area (TPSA) is 43.4 Å². The van der Waals surface area contributed by atoms with E-state index in [9.17, 15) is 9.59 Å². The fourth-order valence-corrected chi connectivity index (χ4v) is 5.94. The number of hydrogen-bond donors (Lipinski definition) is 0. The molecule has 0 saturated heterocycles. The summed E-state index contributed by atoms with van der Waals surface area (Å²) in [6.45, 7) is 8.53. The Balaban J connectivity index is 1.75. The van der Waals surface area contributed by atoms with E-state index in [1.807, 2.05) is 6.92 Å². The molecule has 3 nitrogen and oxygen atoms in total. The van der Waals surface area contributed by atoms with Gasteiger partial charge in [-0.1, -0.05) is 32.4 Å². The van der Waals surface area contributed by atoms with Crippen molar-refractivity contribution in [2.45, 2.75) is 65.9 Å². The monoisotopic (exact) mass is 314 g/mol. The highest BCUT2D eigenvalue weighted by Gasteiger charge is 2.57. The maximum atomic E-state index is 12.5. The summed E-state index contributed by atoms with van der Waals surface area (Å²) in [7, 11) is 0. The predicted molar refractivity (Wildman–Crippen MR) is 87.6 cm³/mol. The average Bonchev–Trinajstić information content (AvgIpc) is 2.77. The quantitative estimate of drug-likeness (QED) is 0.635. The molecule has 0 aromatic carbocycles. The van der Waals surface area contributed by atoms with E-state index in [4.69, 9.17) is 4.74 Å². The van der Waals surface area contributed by atoms with Crippen LogP contribution in [-0.4, -0.2) is 17.9 Å². The Kier molecular flexibility index (Phi) is 3.02. The van der Waals surface area contributed by atoms with Crippen LogP contribution >= 0.6 is 0 Å². The maximum Gasteiger partial charge on any atom is 0.334 e. The van der Waals surface area contributed by atoms with Gasteiger partial charge in [-0.3, -0.25) is 4.79 Å². The molecule has 0 spiro atoms. The molecule has 1 heterocycles. The van der Waals surface area contributed by atoms with Gasteiger partial charge in [0.25, 0.3) is 0 Å². The highest BCUT2D eigenvalue weighted by molar-refractivity contribution is 5.92. The molecule has 3 heteroatoms. The number of Topliss-reactive ketones (excluding diaryl/α,β-unsaturated/α-hetero) is 1. The van der Waals surface area contributed by atoms with Gasteiger partial charge in [-0.25, -0.2) is 4.79 Å². The largest absolute Gasteiger partial charge is 0.454 e. The van der Waals surface area contributed by atoms with Crippen molar-refractivity contribution in [2.24, 2.45) is 22.7 Å². The Hall–Kier alpha value is -1.38. The van der Waals surface area contributed by atoms with Crippen LogP contribution in [0.2, 0.25) is 0 Å². The Morgan fingerprint density at radius 2 is 1.91 bits per heavy atom. The summed E-state index contributed by atoms with van der Waals surface area (Å²) in [6.07, 6.45) is 6.90. The van der Waals surface area contributed by atoms with E-state index in [-0.39, 0.29) is 22.9 Å². The molecule has 23 heavy (non-hydrogen) atoms. The van der Waals surface area contributed by atoms with E-state index >= 15 is 0 Å². The number of ketones is 1. The van der Waals surface area contributed by atoms with E-state index in [1.165, 1.54) is 5.57 Å². The number of esters is 1. The van der Waals surface area contributed by atoms with Crippen LogP contribution in [0.1, 0.15) is 59.8 Å². The van der Waals surface area contributed by atoms with Crippen molar-refractivity contribution in [2.75, 3.05) is 0 Å². The minimum atomic E-state index is -0.225. The zero-order chi connectivity index (χ0) is 16.6. The average molecular weight is 314 g/mol. The van der Waals surface area contributed by atoms with Crippen LogP contribution in [-0.2, 0) is 14.3 Å². The first-order chi connectivity index (χ1) is 10.7. The third-order valence-electron chi connectivity index (χ3n) is 7.37. The second-order valence-electron chi connectivity index (χ2n) is 8.72. The van der Waals surface area contributed by atoms with Gasteiger partial charge >= 0.3 is 5.97 Å². The molecule has 0 aromatic heterocycles. The fourth-order valence-electron chi connectivity index (χ4n) is 5.94. The molecule has 1 aliphatic heterocycles. The Bertz CT molecular complexity index is 666. The van der Waals surface area contributed by atoms with Gasteiger partial charge in [0, 0.05) is 23.0 Å². The molecule has 2 saturated carbocycles. The molecule has 0 N–H and O–H groups in total. The van der Waals surface area contributed by atoms with Gasteiger partial charge in [0.05, 0.1) is 0 Å². The third kappa shape index (κ3) is 1.88. The van der Waals surface area contributed by atoms with Crippen molar-refractivity contribution in [3.8, 4) is 0 Å². The van der Waals surface area contributed by atoms with Crippen LogP contribution < -0.4 is 0 Å². The third-order valence-corrected chi connectivity index (χ3v) is 7.37. The lowest BCUT2D eigenvalue weighted by atomic mass is 9.46. The number of rotatable bonds is 0. The molecule has 4 aliphatic rings. The summed E-state index contributed by atoms with van der Waals surface area (Å²) >= 11 is 0. The summed E-state index contributed by atoms with van der Waals surface area (Å²) in [4.78, 5) is 24.4. The van der Waals surface area contributed by atoms with Crippen LogP contribution in [0.15, 0.2) is 22.8 Å². The van der Waals surface area contributed by atoms with E-state index in [2.05, 4.69) is 26.8 Å². The molecule has 4 atom stereocenters. The van der Waals surface area contributed by atoms with Gasteiger partial charge in [-0.05, 0) is 49.9 Å². The van der Waals surface area contributed by atoms with Crippen LogP contribution in [0, 0.1) is 22.7 Å². The first kappa shape index (κ1) is 15.2. The zero-order valence-electron chi connectivity index (χ0n) is 14.6. The maximum absolute atomic E-state index is 12.5. The normalized spacial score (nSPS) is 41.7. The van der Waals surface area contributed by atoms with Crippen molar-refractivity contribution in [3.63, 3.8) is 0 Å². The van der Waals surface area contributed by atoms with Crippen molar-refractivity contribution in [3.05, 3.63) is 22.8 Å². The summed E-state index contributed by atoms with van der Waals surface area (Å²) in [6, 6.07) is 0. The van der Waals surface area contributed by atoms with Gasteiger partial charge in [0.2, 0.25) is 0 Å². The number of carbonyl (C=O) groups excluding carboxylic acids is 2. The first-order valence-electron chi connectivity index (χ1n) is 8.90. The molecule has 0 radical (unpaired) electrons. The Labute approximate surface area is 138 Å². The van der Waals surface area contributed by atoms with Crippen LogP contribution in [0.5, 0.6) is 0 Å². The second kappa shape index (κ2) is 4.58. The lowest BCUT2D eigenvalue weighted by Gasteiger charge is -2.58. The van der Waals surface area contributed by atoms with Crippen molar-refractivity contribution in [1.82, 2.24) is 0 Å². The number of carbonyl (C=O) groups is 2. The molecule has 0 bridgehead atoms. The fraction of sp³-hybridized carbons (Fsp3) is 0.700. The van der Waals surface area contributed by atoms with E-state index in [0.29, 0.717) is 24.0 Å². The smallest absolute Gasteiger partial charge is 0.334 e. The highest BCUT2D eigenvalue weighted by Crippen LogP contribution is 2.62. The van der Waals surface area contributed by atoms with Crippen molar-refractivity contribution in [1.29, 1.82) is 0 Å². The Morgan fingerprint density at radius 1 is 1.17 bits per heavy atom. The molecule has 2 fully saturated rings. The molecular formula is C20H26O3. The summed E-state index contributed by atoms with van der Waals surface area (Å²) in [5.74, 6) is 1.15. The molecule has 3 aliphatic carbocycles. The minimum Gasteiger partial charge on any atom is -0.454 e. The zero-order valence-corrected chi connectivity index (χ0v) is 14.6. The lowest BCUT2D eigenvalue weighted by molar-refractivity contribution is -0.147. The number of hydrogen-bond acceptors (Lipinski definition) is 3. The number of ether oxygens (including phenoxy) is 1. The SMILES string of the molecule is CC1=C2C=C3CC[C@@H]4C(C)(C)C(=O)CC[C@@]4(C)[C@@H]3C[C@@H]2OC1=O. The molecule has 124 valence electrons. The molecule has 0 amide bonds. The molecule has 4 rings (SSSR count). The van der Waals surface area contributed by atoms with Crippen LogP contribution in [0.3, 0.4) is 0 Å². The van der Waals surface area contributed by atoms with Gasteiger partial charge in [-0.15, -0.1) is 0 Å². The molecule has 0 aromatic rings. The van der Waals surface area contributed by atoms with E-state index < -0.39 is 0 Å². The lowest BCUT2D eigenvalue weighted by Crippen LogP contribution is -2.54. The highest BCUT2D eigenvalue weighted by atomic mass is 16.5. The predicted octanol–water partition coefficient (Wildman–Crippen LogP) is 3.98. The van der Waals surface area contributed by atoms with Crippen LogP contribution in [0.25, 0.3) is 0 Å². The number of allylic oxidation sites excluding steroid dienone is 1. The summed E-state index contributed by atoms with van der Waals surface area (Å²) in [5.41, 5.74) is 3.30. The summed E-state index contributed by atoms with van der Waals surface area (Å²) in [5, 5.41) is 0. The first-order valence-corrected chi connectivity index (χ1v) is 8.90. The molecule has 0 unspecified atom stereocenters. The molecular weight excluding hydrogens is 288 g/mol. The van der Waals surface area contributed by atoms with Crippen LogP contribution in [0.4, 0.5) is 0 Å². The second-order valence-corrected chi connectivity index (χ2v) is 8.72. The standard InChI is InChI=1S/C20H26O3/c1-11-13-9-12-5-6-16-19(2,3)17(21)7-8-20(16,4)14(12)10-15(13)23-18(11)22/h9,14-16H,5-8,10H2,1-4H3/t14-,15+,16-,20+/m1/s1. The van der Waals surface area contributed by atoms with Gasteiger partial charge in [-0.2, -0.15) is 0 Å². The van der Waals surface area contributed by atoms with Gasteiger partial charge < -0.3 is 4.74 Å². The Morgan fingerprint density at radius 3 is 2.65 bits per heavy atom. The van der Waals surface area contributed by atoms with Gasteiger partial charge in [0.15, 0.2) is 0 Å². The van der Waals surface area contributed by atoms with E-state index in [1.54, 1.807) is 0 Å². The minimum absolute atomic E-state index is 0.0624. The van der Waals surface area contributed by atoms with Gasteiger partial charge in [0.1, 0.15) is 11.9 Å². The van der Waals surface area contributed by atoms with Crippen molar-refractivity contribution < 1.29 is 14.3 Å². The number of fused-ring (bicyclic) bond motifs is 4.